The van der Waals surface area contributed by atoms with Gasteiger partial charge in [-0.15, -0.1) is 11.8 Å². The molecule has 0 unspecified atom stereocenters. The molecule has 0 aliphatic carbocycles. The molecule has 3 aromatic rings. The molecular weight excluding hydrogens is 550 g/mol. The summed E-state index contributed by atoms with van der Waals surface area (Å²) in [6.07, 6.45) is 0. The standard InChI is InChI=1S/C19H15N3O4S.W/c1-25-14-5-4-11-8-13(3-2-12(11)9-14)15-6-7-16(26-15)18(20)22-19(21)27-10-17(23)24;/h2-9H,10H2,1H3,(H2-2,20,21,22,23,24);/q-2;+2. The topological polar surface area (TPSA) is 116 Å². The molecule has 3 rings (SSSR count). The molecule has 0 radical (unpaired) electrons. The summed E-state index contributed by atoms with van der Waals surface area (Å²) in [4.78, 5) is 10.5. The molecule has 0 atom stereocenters. The molecular formula is C19H15N3O4SW. The molecule has 0 amide bonds. The third-order valence-electron chi connectivity index (χ3n) is 3.73. The number of rotatable bonds is 5. The first-order valence-corrected chi connectivity index (χ1v) is 8.86. The maximum absolute atomic E-state index is 10.5. The van der Waals surface area contributed by atoms with Gasteiger partial charge in [-0.2, -0.15) is 0 Å². The maximum atomic E-state index is 10.5. The van der Waals surface area contributed by atoms with Crippen molar-refractivity contribution in [1.82, 2.24) is 5.32 Å². The zero-order chi connectivity index (χ0) is 19.4. The van der Waals surface area contributed by atoms with Crippen molar-refractivity contribution in [2.45, 2.75) is 0 Å². The van der Waals surface area contributed by atoms with Gasteiger partial charge in [-0.3, -0.25) is 4.79 Å². The normalized spacial score (nSPS) is 10.2. The number of carbonyl (C=O) groups is 1. The van der Waals surface area contributed by atoms with Crippen LogP contribution in [0.15, 0.2) is 52.9 Å². The van der Waals surface area contributed by atoms with E-state index in [1.165, 1.54) is 0 Å². The molecule has 9 heteroatoms. The van der Waals surface area contributed by atoms with Crippen molar-refractivity contribution in [3.8, 4) is 17.1 Å². The maximum Gasteiger partial charge on any atom is 2.00 e. The van der Waals surface area contributed by atoms with Gasteiger partial charge in [0.15, 0.2) is 0 Å². The van der Waals surface area contributed by atoms with Crippen molar-refractivity contribution in [3.05, 3.63) is 65.1 Å². The number of fused-ring (bicyclic) bond motifs is 1. The minimum Gasteiger partial charge on any atom is -0.497 e. The van der Waals surface area contributed by atoms with Gasteiger partial charge in [-0.25, -0.2) is 0 Å². The van der Waals surface area contributed by atoms with Crippen molar-refractivity contribution in [1.29, 1.82) is 0 Å². The third kappa shape index (κ3) is 5.24. The molecule has 2 N–H and O–H groups in total. The van der Waals surface area contributed by atoms with Gasteiger partial charge in [0.05, 0.1) is 12.9 Å². The monoisotopic (exact) mass is 565 g/mol. The van der Waals surface area contributed by atoms with E-state index in [9.17, 15) is 15.6 Å². The number of hydrogen-bond acceptors (Lipinski definition) is 4. The Balaban J connectivity index is 0.00000280. The van der Waals surface area contributed by atoms with E-state index in [2.05, 4.69) is 5.32 Å². The van der Waals surface area contributed by atoms with Crippen LogP contribution >= 0.6 is 11.8 Å². The van der Waals surface area contributed by atoms with Crippen LogP contribution in [0.3, 0.4) is 0 Å². The van der Waals surface area contributed by atoms with Crippen molar-refractivity contribution in [3.63, 3.8) is 0 Å². The second-order valence-corrected chi connectivity index (χ2v) is 6.52. The molecule has 1 heterocycles. The summed E-state index contributed by atoms with van der Waals surface area (Å²) in [7, 11) is 1.62. The number of carboxylic acid groups (broad SMARTS) is 1. The Morgan fingerprint density at radius 2 is 1.86 bits per heavy atom. The molecule has 2 aromatic carbocycles. The van der Waals surface area contributed by atoms with Gasteiger partial charge in [0.2, 0.25) is 0 Å². The van der Waals surface area contributed by atoms with E-state index in [-0.39, 0.29) is 32.6 Å². The minimum absolute atomic E-state index is 0. The molecule has 1 aromatic heterocycles. The number of thioether (sulfide) groups is 1. The molecule has 0 saturated heterocycles. The fraction of sp³-hybridized carbons (Fsp3) is 0.105. The quantitative estimate of drug-likeness (QED) is 0.360. The first-order chi connectivity index (χ1) is 13.0. The van der Waals surface area contributed by atoms with Crippen molar-refractivity contribution in [2.75, 3.05) is 12.9 Å². The predicted octanol–water partition coefficient (Wildman–Crippen LogP) is 3.75. The summed E-state index contributed by atoms with van der Waals surface area (Å²) in [5.41, 5.74) is 0.820. The summed E-state index contributed by atoms with van der Waals surface area (Å²) in [5.74, 6) is -0.407. The Morgan fingerprint density at radius 1 is 1.14 bits per heavy atom. The average molecular weight is 565 g/mol. The van der Waals surface area contributed by atoms with Crippen LogP contribution in [-0.2, 0) is 25.9 Å². The Kier molecular flexibility index (Phi) is 7.43. The first-order valence-electron chi connectivity index (χ1n) is 7.88. The summed E-state index contributed by atoms with van der Waals surface area (Å²) in [6, 6.07) is 14.8. The van der Waals surface area contributed by atoms with Gasteiger partial charge in [0.1, 0.15) is 17.3 Å². The summed E-state index contributed by atoms with van der Waals surface area (Å²) >= 11 is 0.644. The minimum atomic E-state index is -1.08. The van der Waals surface area contributed by atoms with Crippen LogP contribution in [0.2, 0.25) is 0 Å². The average Bonchev–Trinajstić information content (AvgIpc) is 3.16. The van der Waals surface area contributed by atoms with Gasteiger partial charge < -0.3 is 30.4 Å². The van der Waals surface area contributed by atoms with Gasteiger partial charge in [0, 0.05) is 5.56 Å². The number of carboxylic acids is 1. The number of methoxy groups -OCH3 is 1. The molecule has 0 bridgehead atoms. The molecule has 142 valence electrons. The van der Waals surface area contributed by atoms with E-state index >= 15 is 0 Å². The second-order valence-electron chi connectivity index (χ2n) is 5.55. The Labute approximate surface area is 179 Å². The number of ether oxygens (including phenoxy) is 1. The van der Waals surface area contributed by atoms with E-state index in [1.54, 1.807) is 19.2 Å². The van der Waals surface area contributed by atoms with Crippen LogP contribution in [0.4, 0.5) is 0 Å². The van der Waals surface area contributed by atoms with Crippen LogP contribution in [0.1, 0.15) is 5.76 Å². The van der Waals surface area contributed by atoms with Gasteiger partial charge in [0.25, 0.3) is 0 Å². The fourth-order valence-corrected chi connectivity index (χ4v) is 2.88. The van der Waals surface area contributed by atoms with E-state index in [4.69, 9.17) is 14.3 Å². The van der Waals surface area contributed by atoms with E-state index in [0.29, 0.717) is 17.5 Å². The van der Waals surface area contributed by atoms with E-state index in [1.807, 2.05) is 36.4 Å². The van der Waals surface area contributed by atoms with Crippen LogP contribution in [-0.4, -0.2) is 34.9 Å². The summed E-state index contributed by atoms with van der Waals surface area (Å²) < 4.78 is 10.8. The molecule has 0 saturated carbocycles. The molecule has 7 nitrogen and oxygen atoms in total. The van der Waals surface area contributed by atoms with Crippen LogP contribution in [0, 0.1) is 0 Å². The summed E-state index contributed by atoms with van der Waals surface area (Å²) in [5, 5.41) is 32.1. The molecule has 0 spiro atoms. The van der Waals surface area contributed by atoms with E-state index in [0.717, 1.165) is 22.1 Å². The zero-order valence-corrected chi connectivity index (χ0v) is 18.5. The van der Waals surface area contributed by atoms with Crippen LogP contribution < -0.4 is 10.1 Å². The number of benzene rings is 2. The Hall–Kier alpha value is -2.57. The van der Waals surface area contributed by atoms with Crippen molar-refractivity contribution in [2.24, 2.45) is 0 Å². The zero-order valence-electron chi connectivity index (χ0n) is 14.7. The SMILES string of the molecule is COc1ccc2cc(-c3ccc(C(=[N-])NC(=[N-])SCC(=O)O)o3)ccc2c1.[W+2]. The van der Waals surface area contributed by atoms with Crippen molar-refractivity contribution < 1.29 is 40.1 Å². The predicted molar refractivity (Wildman–Crippen MR) is 107 cm³/mol. The van der Waals surface area contributed by atoms with Crippen LogP contribution in [0.5, 0.6) is 5.75 Å². The number of nitrogens with zero attached hydrogens (tertiary/aromatic N) is 2. The number of hydrogen-bond donors (Lipinski definition) is 2. The fourth-order valence-electron chi connectivity index (χ4n) is 2.45. The van der Waals surface area contributed by atoms with Gasteiger partial charge >= 0.3 is 27.0 Å². The molecule has 0 aliphatic heterocycles. The van der Waals surface area contributed by atoms with E-state index < -0.39 is 17.0 Å². The molecule has 0 aliphatic rings. The largest absolute Gasteiger partial charge is 2.00 e. The number of furan rings is 1. The first kappa shape index (κ1) is 21.7. The second kappa shape index (κ2) is 9.57. The summed E-state index contributed by atoms with van der Waals surface area (Å²) in [6.45, 7) is 0. The Morgan fingerprint density at radius 3 is 2.57 bits per heavy atom. The van der Waals surface area contributed by atoms with Gasteiger partial charge in [-0.05, 0) is 52.1 Å². The molecule has 28 heavy (non-hydrogen) atoms. The third-order valence-corrected chi connectivity index (χ3v) is 4.50. The Bertz CT molecular complexity index is 1030. The van der Waals surface area contributed by atoms with Gasteiger partial charge in [-0.1, -0.05) is 18.2 Å². The number of amidine groups is 2. The molecule has 0 fully saturated rings. The smallest absolute Gasteiger partial charge is 0.497 e. The number of nitrogens with one attached hydrogen (secondary N) is 1. The van der Waals surface area contributed by atoms with Crippen LogP contribution in [0.25, 0.3) is 32.9 Å². The number of aliphatic carboxylic acids is 1. The van der Waals surface area contributed by atoms with Crippen molar-refractivity contribution >= 4 is 39.5 Å².